The van der Waals surface area contributed by atoms with Crippen molar-refractivity contribution in [3.63, 3.8) is 0 Å². The van der Waals surface area contributed by atoms with E-state index >= 15 is 0 Å². The zero-order valence-electron chi connectivity index (χ0n) is 14.5. The topological polar surface area (TPSA) is 27.7 Å². The molecule has 0 radical (unpaired) electrons. The second-order valence-corrected chi connectivity index (χ2v) is 5.41. The van der Waals surface area contributed by atoms with E-state index in [2.05, 4.69) is 41.5 Å². The Morgan fingerprint density at radius 3 is 0.952 bits per heavy atom. The lowest BCUT2D eigenvalue weighted by atomic mass is 10.0. The summed E-state index contributed by atoms with van der Waals surface area (Å²) in [5, 5.41) is 0. The molecule has 1 aromatic rings. The van der Waals surface area contributed by atoms with Crippen LogP contribution in [-0.2, 0) is 0 Å². The normalized spacial score (nSPS) is 10.6. The lowest BCUT2D eigenvalue weighted by Gasteiger charge is -2.22. The van der Waals surface area contributed by atoms with E-state index in [9.17, 15) is 0 Å². The average Bonchev–Trinajstić information content (AvgIpc) is 2.47. The third-order valence-corrected chi connectivity index (χ3v) is 3.40. The summed E-state index contributed by atoms with van der Waals surface area (Å²) >= 11 is 0. The van der Waals surface area contributed by atoms with Crippen molar-refractivity contribution in [1.82, 2.24) is 0 Å². The molecule has 3 heteroatoms. The van der Waals surface area contributed by atoms with Gasteiger partial charge in [0.25, 0.3) is 0 Å². The summed E-state index contributed by atoms with van der Waals surface area (Å²) in [6, 6.07) is 0. The van der Waals surface area contributed by atoms with Gasteiger partial charge >= 0.3 is 0 Å². The Morgan fingerprint density at radius 1 is 0.524 bits per heavy atom. The lowest BCUT2D eigenvalue weighted by Crippen LogP contribution is -2.08. The summed E-state index contributed by atoms with van der Waals surface area (Å²) in [4.78, 5) is 0. The Morgan fingerprint density at radius 2 is 0.762 bits per heavy atom. The molecule has 0 atom stereocenters. The maximum atomic E-state index is 5.95. The second kappa shape index (κ2) is 8.81. The summed E-state index contributed by atoms with van der Waals surface area (Å²) in [5.41, 5.74) is 3.24. The Kier molecular flexibility index (Phi) is 7.41. The first kappa shape index (κ1) is 17.7. The van der Waals surface area contributed by atoms with Crippen molar-refractivity contribution in [2.24, 2.45) is 0 Å². The van der Waals surface area contributed by atoms with Gasteiger partial charge in [-0.3, -0.25) is 0 Å². The first-order chi connectivity index (χ1) is 10.1. The van der Waals surface area contributed by atoms with E-state index in [-0.39, 0.29) is 0 Å². The van der Waals surface area contributed by atoms with Crippen LogP contribution in [0.1, 0.15) is 56.7 Å². The number of hydrogen-bond donors (Lipinski definition) is 0. The van der Waals surface area contributed by atoms with Gasteiger partial charge in [0.1, 0.15) is 17.2 Å². The molecule has 1 rings (SSSR count). The molecular weight excluding hydrogens is 264 g/mol. The van der Waals surface area contributed by atoms with Crippen molar-refractivity contribution in [3.05, 3.63) is 16.7 Å². The Balaban J connectivity index is 3.27. The molecule has 0 spiro atoms. The van der Waals surface area contributed by atoms with Gasteiger partial charge in [-0.2, -0.15) is 0 Å². The van der Waals surface area contributed by atoms with Gasteiger partial charge in [0.15, 0.2) is 0 Å². The van der Waals surface area contributed by atoms with E-state index in [4.69, 9.17) is 14.2 Å². The lowest BCUT2D eigenvalue weighted by molar-refractivity contribution is 0.278. The van der Waals surface area contributed by atoms with Crippen LogP contribution in [0.15, 0.2) is 0 Å². The van der Waals surface area contributed by atoms with Crippen molar-refractivity contribution >= 4 is 0 Å². The average molecular weight is 294 g/mol. The molecule has 1 aromatic carbocycles. The van der Waals surface area contributed by atoms with E-state index in [1.807, 2.05) is 0 Å². The highest BCUT2D eigenvalue weighted by Crippen LogP contribution is 2.42. The summed E-state index contributed by atoms with van der Waals surface area (Å²) in [6.45, 7) is 14.7. The van der Waals surface area contributed by atoms with Gasteiger partial charge in [-0.25, -0.2) is 0 Å². The minimum Gasteiger partial charge on any atom is -0.493 e. The smallest absolute Gasteiger partial charge is 0.132 e. The first-order valence-corrected chi connectivity index (χ1v) is 8.10. The molecule has 0 aromatic heterocycles. The van der Waals surface area contributed by atoms with E-state index < -0.39 is 0 Å². The fraction of sp³-hybridized carbons (Fsp3) is 0.667. The molecule has 0 fully saturated rings. The maximum Gasteiger partial charge on any atom is 0.132 e. The van der Waals surface area contributed by atoms with Crippen molar-refractivity contribution < 1.29 is 14.2 Å². The van der Waals surface area contributed by atoms with Crippen LogP contribution in [0.2, 0.25) is 0 Å². The van der Waals surface area contributed by atoms with Gasteiger partial charge in [-0.1, -0.05) is 20.8 Å². The van der Waals surface area contributed by atoms with Crippen LogP contribution in [0, 0.1) is 20.8 Å². The van der Waals surface area contributed by atoms with Crippen LogP contribution < -0.4 is 14.2 Å². The highest BCUT2D eigenvalue weighted by Gasteiger charge is 2.20. The van der Waals surface area contributed by atoms with Gasteiger partial charge < -0.3 is 14.2 Å². The highest BCUT2D eigenvalue weighted by atomic mass is 16.5. The molecule has 3 nitrogen and oxygen atoms in total. The maximum absolute atomic E-state index is 5.95. The second-order valence-electron chi connectivity index (χ2n) is 5.41. The predicted octanol–water partition coefficient (Wildman–Crippen LogP) is 4.98. The van der Waals surface area contributed by atoms with Crippen LogP contribution in [0.4, 0.5) is 0 Å². The molecule has 0 bridgehead atoms. The van der Waals surface area contributed by atoms with E-state index in [0.29, 0.717) is 19.8 Å². The minimum atomic E-state index is 0.713. The van der Waals surface area contributed by atoms with E-state index in [1.165, 1.54) is 0 Å². The summed E-state index contributed by atoms with van der Waals surface area (Å²) in [6.07, 6.45) is 2.97. The molecule has 0 aliphatic heterocycles. The molecule has 0 aliphatic rings. The number of rotatable bonds is 9. The van der Waals surface area contributed by atoms with Crippen molar-refractivity contribution in [3.8, 4) is 17.2 Å². The number of ether oxygens (including phenoxy) is 3. The van der Waals surface area contributed by atoms with Gasteiger partial charge in [0.05, 0.1) is 19.8 Å². The Hall–Kier alpha value is -1.38. The molecular formula is C18H30O3. The molecule has 0 saturated heterocycles. The van der Waals surface area contributed by atoms with Crippen LogP contribution in [-0.4, -0.2) is 19.8 Å². The zero-order valence-corrected chi connectivity index (χ0v) is 14.5. The Bertz CT molecular complexity index is 365. The van der Waals surface area contributed by atoms with E-state index in [0.717, 1.165) is 53.2 Å². The fourth-order valence-electron chi connectivity index (χ4n) is 2.41. The summed E-state index contributed by atoms with van der Waals surface area (Å²) < 4.78 is 17.9. The first-order valence-electron chi connectivity index (χ1n) is 8.10. The molecule has 0 heterocycles. The van der Waals surface area contributed by atoms with Crippen LogP contribution in [0.3, 0.4) is 0 Å². The molecule has 0 amide bonds. The van der Waals surface area contributed by atoms with Crippen LogP contribution in [0.25, 0.3) is 0 Å². The predicted molar refractivity (Wildman–Crippen MR) is 88.0 cm³/mol. The van der Waals surface area contributed by atoms with Crippen molar-refractivity contribution in [2.75, 3.05) is 19.8 Å². The van der Waals surface area contributed by atoms with Gasteiger partial charge in [-0.15, -0.1) is 0 Å². The van der Waals surface area contributed by atoms with E-state index in [1.54, 1.807) is 0 Å². The third kappa shape index (κ3) is 4.29. The van der Waals surface area contributed by atoms with Crippen LogP contribution >= 0.6 is 0 Å². The SMILES string of the molecule is CCCOc1c(C)c(OCCC)c(C)c(OCCC)c1C. The molecule has 0 N–H and O–H groups in total. The van der Waals surface area contributed by atoms with Crippen LogP contribution in [0.5, 0.6) is 17.2 Å². The van der Waals surface area contributed by atoms with Gasteiger partial charge in [0, 0.05) is 16.7 Å². The van der Waals surface area contributed by atoms with Crippen molar-refractivity contribution in [2.45, 2.75) is 60.8 Å². The zero-order chi connectivity index (χ0) is 15.8. The largest absolute Gasteiger partial charge is 0.493 e. The molecule has 21 heavy (non-hydrogen) atoms. The monoisotopic (exact) mass is 294 g/mol. The fourth-order valence-corrected chi connectivity index (χ4v) is 2.41. The molecule has 120 valence electrons. The minimum absolute atomic E-state index is 0.713. The Labute approximate surface area is 129 Å². The molecule has 0 aliphatic carbocycles. The number of hydrogen-bond acceptors (Lipinski definition) is 3. The van der Waals surface area contributed by atoms with Crippen molar-refractivity contribution in [1.29, 1.82) is 0 Å². The molecule has 0 unspecified atom stereocenters. The number of benzene rings is 1. The summed E-state index contributed by atoms with van der Waals surface area (Å²) in [7, 11) is 0. The standard InChI is InChI=1S/C18H30O3/c1-7-10-19-16-13(4)17(20-11-8-2)15(6)18(14(16)5)21-12-9-3/h7-12H2,1-6H3. The van der Waals surface area contributed by atoms with Gasteiger partial charge in [-0.05, 0) is 40.0 Å². The highest BCUT2D eigenvalue weighted by molar-refractivity contribution is 5.61. The van der Waals surface area contributed by atoms with Gasteiger partial charge in [0.2, 0.25) is 0 Å². The quantitative estimate of drug-likeness (QED) is 0.643. The molecule has 0 saturated carbocycles. The third-order valence-electron chi connectivity index (χ3n) is 3.40. The summed E-state index contributed by atoms with van der Waals surface area (Å²) in [5.74, 6) is 2.75.